The van der Waals surface area contributed by atoms with Crippen LogP contribution in [-0.2, 0) is 6.54 Å². The molecule has 4 heteroatoms. The van der Waals surface area contributed by atoms with Crippen LogP contribution in [0.25, 0.3) is 5.69 Å². The molecule has 1 aromatic carbocycles. The standard InChI is InChI=1S/C16H20ClN3/c1-11(2)16-12(9-18-14-6-7-14)10-19-20(16)15-5-3-4-13(17)8-15/h3-5,8,10-11,14,18H,6-7,9H2,1-2H3. The summed E-state index contributed by atoms with van der Waals surface area (Å²) >= 11 is 6.09. The van der Waals surface area contributed by atoms with E-state index >= 15 is 0 Å². The molecule has 0 atom stereocenters. The normalized spacial score (nSPS) is 15.0. The van der Waals surface area contributed by atoms with Crippen LogP contribution >= 0.6 is 11.6 Å². The second-order valence-corrected chi connectivity index (χ2v) is 6.19. The molecule has 1 fully saturated rings. The summed E-state index contributed by atoms with van der Waals surface area (Å²) in [5.41, 5.74) is 3.58. The summed E-state index contributed by atoms with van der Waals surface area (Å²) in [6.45, 7) is 5.32. The molecule has 1 heterocycles. The maximum Gasteiger partial charge on any atom is 0.0663 e. The van der Waals surface area contributed by atoms with Crippen LogP contribution in [0, 0.1) is 0 Å². The number of aromatic nitrogens is 2. The summed E-state index contributed by atoms with van der Waals surface area (Å²) in [5.74, 6) is 0.424. The summed E-state index contributed by atoms with van der Waals surface area (Å²) in [6, 6.07) is 8.57. The molecule has 1 aliphatic carbocycles. The molecule has 0 saturated heterocycles. The van der Waals surface area contributed by atoms with Crippen molar-refractivity contribution in [2.75, 3.05) is 0 Å². The molecule has 3 nitrogen and oxygen atoms in total. The van der Waals surface area contributed by atoms with Crippen LogP contribution in [0.3, 0.4) is 0 Å². The Hall–Kier alpha value is -1.32. The zero-order valence-corrected chi connectivity index (χ0v) is 12.7. The number of halogens is 1. The van der Waals surface area contributed by atoms with E-state index in [0.29, 0.717) is 12.0 Å². The van der Waals surface area contributed by atoms with Gasteiger partial charge in [0.25, 0.3) is 0 Å². The average Bonchev–Trinajstić information content (AvgIpc) is 3.14. The van der Waals surface area contributed by atoms with Gasteiger partial charge in [-0.2, -0.15) is 5.10 Å². The third-order valence-corrected chi connectivity index (χ3v) is 3.88. The van der Waals surface area contributed by atoms with Gasteiger partial charge in [0.15, 0.2) is 0 Å². The largest absolute Gasteiger partial charge is 0.310 e. The highest BCUT2D eigenvalue weighted by atomic mass is 35.5. The van der Waals surface area contributed by atoms with E-state index in [4.69, 9.17) is 11.6 Å². The monoisotopic (exact) mass is 289 g/mol. The van der Waals surface area contributed by atoms with Gasteiger partial charge in [-0.25, -0.2) is 4.68 Å². The minimum Gasteiger partial charge on any atom is -0.310 e. The van der Waals surface area contributed by atoms with Crippen LogP contribution in [0.5, 0.6) is 0 Å². The van der Waals surface area contributed by atoms with E-state index in [2.05, 4.69) is 24.3 Å². The lowest BCUT2D eigenvalue weighted by Crippen LogP contribution is -2.17. The lowest BCUT2D eigenvalue weighted by molar-refractivity contribution is 0.666. The van der Waals surface area contributed by atoms with Crippen molar-refractivity contribution < 1.29 is 0 Å². The van der Waals surface area contributed by atoms with Crippen molar-refractivity contribution >= 4 is 11.6 Å². The fourth-order valence-corrected chi connectivity index (χ4v) is 2.68. The first kappa shape index (κ1) is 13.7. The Morgan fingerprint density at radius 1 is 1.40 bits per heavy atom. The minimum atomic E-state index is 0.424. The van der Waals surface area contributed by atoms with Gasteiger partial charge < -0.3 is 5.32 Å². The Balaban J connectivity index is 1.93. The van der Waals surface area contributed by atoms with Gasteiger partial charge in [-0.15, -0.1) is 0 Å². The van der Waals surface area contributed by atoms with Crippen molar-refractivity contribution in [2.45, 2.75) is 45.2 Å². The molecule has 1 N–H and O–H groups in total. The Kier molecular flexibility index (Phi) is 3.81. The van der Waals surface area contributed by atoms with Gasteiger partial charge in [-0.1, -0.05) is 31.5 Å². The Morgan fingerprint density at radius 2 is 2.20 bits per heavy atom. The molecule has 0 amide bonds. The first-order chi connectivity index (χ1) is 9.65. The lowest BCUT2D eigenvalue weighted by atomic mass is 10.1. The molecular formula is C16H20ClN3. The van der Waals surface area contributed by atoms with Gasteiger partial charge in [0.2, 0.25) is 0 Å². The van der Waals surface area contributed by atoms with Gasteiger partial charge in [0.05, 0.1) is 17.6 Å². The maximum atomic E-state index is 6.09. The predicted molar refractivity (Wildman–Crippen MR) is 82.5 cm³/mol. The quantitative estimate of drug-likeness (QED) is 0.905. The van der Waals surface area contributed by atoms with E-state index < -0.39 is 0 Å². The van der Waals surface area contributed by atoms with Crippen LogP contribution < -0.4 is 5.32 Å². The van der Waals surface area contributed by atoms with E-state index in [1.165, 1.54) is 24.1 Å². The summed E-state index contributed by atoms with van der Waals surface area (Å²) in [6.07, 6.45) is 4.59. The second-order valence-electron chi connectivity index (χ2n) is 5.76. The van der Waals surface area contributed by atoms with Crippen molar-refractivity contribution in [3.8, 4) is 5.69 Å². The number of rotatable bonds is 5. The van der Waals surface area contributed by atoms with Crippen LogP contribution in [0.1, 0.15) is 43.9 Å². The molecule has 0 bridgehead atoms. The molecule has 2 aromatic rings. The zero-order chi connectivity index (χ0) is 14.1. The van der Waals surface area contributed by atoms with Gasteiger partial charge >= 0.3 is 0 Å². The highest BCUT2D eigenvalue weighted by Gasteiger charge is 2.22. The lowest BCUT2D eigenvalue weighted by Gasteiger charge is -2.13. The van der Waals surface area contributed by atoms with E-state index in [-0.39, 0.29) is 0 Å². The van der Waals surface area contributed by atoms with Crippen LogP contribution in [0.15, 0.2) is 30.5 Å². The molecule has 20 heavy (non-hydrogen) atoms. The zero-order valence-electron chi connectivity index (χ0n) is 11.9. The fourth-order valence-electron chi connectivity index (χ4n) is 2.50. The number of nitrogens with zero attached hydrogens (tertiary/aromatic N) is 2. The van der Waals surface area contributed by atoms with E-state index in [1.807, 2.05) is 35.1 Å². The van der Waals surface area contributed by atoms with Crippen molar-refractivity contribution in [1.82, 2.24) is 15.1 Å². The molecule has 0 unspecified atom stereocenters. The Morgan fingerprint density at radius 3 is 2.85 bits per heavy atom. The second kappa shape index (κ2) is 5.58. The van der Waals surface area contributed by atoms with E-state index in [9.17, 15) is 0 Å². The number of hydrogen-bond acceptors (Lipinski definition) is 2. The van der Waals surface area contributed by atoms with E-state index in [1.54, 1.807) is 0 Å². The van der Waals surface area contributed by atoms with Crippen LogP contribution in [0.4, 0.5) is 0 Å². The van der Waals surface area contributed by atoms with Crippen molar-refractivity contribution in [3.05, 3.63) is 46.7 Å². The SMILES string of the molecule is CC(C)c1c(CNC2CC2)cnn1-c1cccc(Cl)c1. The summed E-state index contributed by atoms with van der Waals surface area (Å²) in [7, 11) is 0. The van der Waals surface area contributed by atoms with Gasteiger partial charge in [0, 0.05) is 23.2 Å². The molecule has 3 rings (SSSR count). The molecule has 0 radical (unpaired) electrons. The summed E-state index contributed by atoms with van der Waals surface area (Å²) in [5, 5.41) is 8.87. The third-order valence-electron chi connectivity index (χ3n) is 3.64. The first-order valence-corrected chi connectivity index (χ1v) is 7.59. The van der Waals surface area contributed by atoms with Gasteiger partial charge in [0.1, 0.15) is 0 Å². The Labute approximate surface area is 124 Å². The number of nitrogens with one attached hydrogen (secondary N) is 1. The fraction of sp³-hybridized carbons (Fsp3) is 0.438. The first-order valence-electron chi connectivity index (χ1n) is 7.21. The van der Waals surface area contributed by atoms with Crippen molar-refractivity contribution in [3.63, 3.8) is 0 Å². The topological polar surface area (TPSA) is 29.9 Å². The van der Waals surface area contributed by atoms with Gasteiger partial charge in [-0.05, 0) is 37.0 Å². The van der Waals surface area contributed by atoms with Crippen LogP contribution in [0.2, 0.25) is 5.02 Å². The molecule has 106 valence electrons. The third kappa shape index (κ3) is 2.89. The van der Waals surface area contributed by atoms with Crippen molar-refractivity contribution in [1.29, 1.82) is 0 Å². The predicted octanol–water partition coefficient (Wildman–Crippen LogP) is 3.90. The highest BCUT2D eigenvalue weighted by molar-refractivity contribution is 6.30. The molecule has 1 saturated carbocycles. The molecule has 0 aliphatic heterocycles. The molecule has 1 aliphatic rings. The highest BCUT2D eigenvalue weighted by Crippen LogP contribution is 2.26. The smallest absolute Gasteiger partial charge is 0.0663 e. The molecular weight excluding hydrogens is 270 g/mol. The summed E-state index contributed by atoms with van der Waals surface area (Å²) < 4.78 is 2.01. The number of hydrogen-bond donors (Lipinski definition) is 1. The van der Waals surface area contributed by atoms with Crippen molar-refractivity contribution in [2.24, 2.45) is 0 Å². The molecule has 0 spiro atoms. The minimum absolute atomic E-state index is 0.424. The maximum absolute atomic E-state index is 6.09. The van der Waals surface area contributed by atoms with E-state index in [0.717, 1.165) is 17.3 Å². The number of benzene rings is 1. The van der Waals surface area contributed by atoms with Crippen LogP contribution in [-0.4, -0.2) is 15.8 Å². The molecule has 1 aromatic heterocycles. The summed E-state index contributed by atoms with van der Waals surface area (Å²) in [4.78, 5) is 0. The average molecular weight is 290 g/mol. The van der Waals surface area contributed by atoms with Gasteiger partial charge in [-0.3, -0.25) is 0 Å². The Bertz CT molecular complexity index is 600.